The number of thiophene rings is 1. The van der Waals surface area contributed by atoms with E-state index in [0.717, 1.165) is 10.7 Å². The molecule has 23 heavy (non-hydrogen) atoms. The Balaban J connectivity index is 1.98. The van der Waals surface area contributed by atoms with Crippen molar-refractivity contribution in [2.75, 3.05) is 11.9 Å². The minimum Gasteiger partial charge on any atom is -0.396 e. The molecule has 0 aliphatic rings. The number of nitrogens with zero attached hydrogens (tertiary/aromatic N) is 2. The van der Waals surface area contributed by atoms with E-state index in [1.165, 1.54) is 0 Å². The van der Waals surface area contributed by atoms with E-state index in [1.54, 1.807) is 23.7 Å². The van der Waals surface area contributed by atoms with Crippen LogP contribution >= 0.6 is 11.3 Å². The number of anilines is 1. The molecule has 0 aromatic carbocycles. The number of nitrogens with one attached hydrogen (secondary N) is 2. The maximum atomic E-state index is 12.1. The molecule has 2 aromatic heterocycles. The van der Waals surface area contributed by atoms with Gasteiger partial charge < -0.3 is 15.7 Å². The fourth-order valence-corrected chi connectivity index (χ4v) is 2.82. The molecule has 0 saturated heterocycles. The maximum absolute atomic E-state index is 12.1. The number of hydrogen-bond acceptors (Lipinski definition) is 5. The summed E-state index contributed by atoms with van der Waals surface area (Å²) in [5, 5.41) is 16.7. The highest BCUT2D eigenvalue weighted by Crippen LogP contribution is 2.22. The number of aliphatic hydroxyl groups excluding tert-OH is 1. The molecule has 0 spiro atoms. The molecular formula is C16H22N4O2S. The molecule has 0 fully saturated rings. The summed E-state index contributed by atoms with van der Waals surface area (Å²) in [6.07, 6.45) is 3.66. The molecule has 0 aliphatic heterocycles. The molecule has 0 bridgehead atoms. The molecule has 0 aliphatic carbocycles. The van der Waals surface area contributed by atoms with E-state index in [1.807, 2.05) is 38.3 Å². The van der Waals surface area contributed by atoms with Crippen LogP contribution in [0.4, 0.5) is 10.5 Å². The van der Waals surface area contributed by atoms with Crippen molar-refractivity contribution in [3.8, 4) is 0 Å². The number of urea groups is 1. The molecule has 124 valence electrons. The molecular weight excluding hydrogens is 312 g/mol. The van der Waals surface area contributed by atoms with Gasteiger partial charge in [0.05, 0.1) is 24.1 Å². The standard InChI is InChI=1S/C16H22N4O2S/c1-16(2,3)14-17-9-11(10-18-14)19-15(22)20-12(6-7-21)13-5-4-8-23-13/h4-5,8-10,12,21H,6-7H2,1-3H3,(H2,19,20,22). The topological polar surface area (TPSA) is 87.1 Å². The van der Waals surface area contributed by atoms with Gasteiger partial charge in [-0.15, -0.1) is 11.3 Å². The summed E-state index contributed by atoms with van der Waals surface area (Å²) in [6, 6.07) is 3.30. The third-order valence-electron chi connectivity index (χ3n) is 3.19. The van der Waals surface area contributed by atoms with Crippen LogP contribution in [0.1, 0.15) is 43.9 Å². The third kappa shape index (κ3) is 5.01. The number of aromatic nitrogens is 2. The van der Waals surface area contributed by atoms with Gasteiger partial charge in [-0.05, 0) is 17.9 Å². The molecule has 0 radical (unpaired) electrons. The quantitative estimate of drug-likeness (QED) is 0.784. The average molecular weight is 334 g/mol. The van der Waals surface area contributed by atoms with Crippen molar-refractivity contribution in [3.63, 3.8) is 0 Å². The van der Waals surface area contributed by atoms with Gasteiger partial charge in [0.2, 0.25) is 0 Å². The normalized spacial score (nSPS) is 12.7. The fourth-order valence-electron chi connectivity index (χ4n) is 2.01. The minimum absolute atomic E-state index is 0.00619. The van der Waals surface area contributed by atoms with E-state index in [4.69, 9.17) is 5.11 Å². The second-order valence-corrected chi connectivity index (χ2v) is 7.20. The van der Waals surface area contributed by atoms with Crippen LogP contribution in [0.15, 0.2) is 29.9 Å². The van der Waals surface area contributed by atoms with E-state index in [0.29, 0.717) is 12.1 Å². The molecule has 6 nitrogen and oxygen atoms in total. The lowest BCUT2D eigenvalue weighted by molar-refractivity contribution is 0.239. The van der Waals surface area contributed by atoms with Crippen LogP contribution in [0, 0.1) is 0 Å². The van der Waals surface area contributed by atoms with Crippen LogP contribution in [0.5, 0.6) is 0 Å². The number of rotatable bonds is 5. The molecule has 3 N–H and O–H groups in total. The Morgan fingerprint density at radius 2 is 2.04 bits per heavy atom. The van der Waals surface area contributed by atoms with Crippen molar-refractivity contribution < 1.29 is 9.90 Å². The van der Waals surface area contributed by atoms with Gasteiger partial charge in [-0.2, -0.15) is 0 Å². The summed E-state index contributed by atoms with van der Waals surface area (Å²) >= 11 is 1.55. The van der Waals surface area contributed by atoms with E-state index in [-0.39, 0.29) is 24.1 Å². The van der Waals surface area contributed by atoms with Crippen molar-refractivity contribution in [3.05, 3.63) is 40.6 Å². The van der Waals surface area contributed by atoms with E-state index in [9.17, 15) is 4.79 Å². The van der Waals surface area contributed by atoms with Gasteiger partial charge in [0, 0.05) is 16.9 Å². The maximum Gasteiger partial charge on any atom is 0.319 e. The number of aliphatic hydroxyl groups is 1. The molecule has 1 unspecified atom stereocenters. The molecule has 0 saturated carbocycles. The smallest absolute Gasteiger partial charge is 0.319 e. The van der Waals surface area contributed by atoms with Gasteiger partial charge >= 0.3 is 6.03 Å². The van der Waals surface area contributed by atoms with Crippen molar-refractivity contribution in [2.45, 2.75) is 38.6 Å². The summed E-state index contributed by atoms with van der Waals surface area (Å²) in [6.45, 7) is 6.10. The lowest BCUT2D eigenvalue weighted by Crippen LogP contribution is -2.32. The highest BCUT2D eigenvalue weighted by atomic mass is 32.1. The lowest BCUT2D eigenvalue weighted by atomic mass is 9.96. The van der Waals surface area contributed by atoms with E-state index >= 15 is 0 Å². The van der Waals surface area contributed by atoms with Gasteiger partial charge in [0.1, 0.15) is 5.82 Å². The van der Waals surface area contributed by atoms with E-state index < -0.39 is 0 Å². The van der Waals surface area contributed by atoms with Crippen molar-refractivity contribution in [1.82, 2.24) is 15.3 Å². The second kappa shape index (κ2) is 7.52. The Hall–Kier alpha value is -1.99. The fraction of sp³-hybridized carbons (Fsp3) is 0.438. The summed E-state index contributed by atoms with van der Waals surface area (Å²) < 4.78 is 0. The Bertz CT molecular complexity index is 621. The predicted octanol–water partition coefficient (Wildman–Crippen LogP) is 3.08. The Kier molecular flexibility index (Phi) is 5.68. The highest BCUT2D eigenvalue weighted by molar-refractivity contribution is 7.10. The highest BCUT2D eigenvalue weighted by Gasteiger charge is 2.18. The summed E-state index contributed by atoms with van der Waals surface area (Å²) in [4.78, 5) is 21.7. The molecule has 2 amide bonds. The van der Waals surface area contributed by atoms with E-state index in [2.05, 4.69) is 20.6 Å². The van der Waals surface area contributed by atoms with Crippen LogP contribution in [0.3, 0.4) is 0 Å². The zero-order valence-electron chi connectivity index (χ0n) is 13.5. The summed E-state index contributed by atoms with van der Waals surface area (Å²) in [7, 11) is 0. The summed E-state index contributed by atoms with van der Waals surface area (Å²) in [5.41, 5.74) is 0.399. The zero-order valence-corrected chi connectivity index (χ0v) is 14.4. The molecule has 7 heteroatoms. The Morgan fingerprint density at radius 1 is 1.35 bits per heavy atom. The van der Waals surface area contributed by atoms with Crippen molar-refractivity contribution in [1.29, 1.82) is 0 Å². The van der Waals surface area contributed by atoms with Crippen molar-refractivity contribution in [2.24, 2.45) is 0 Å². The van der Waals surface area contributed by atoms with Crippen LogP contribution in [0.2, 0.25) is 0 Å². The van der Waals surface area contributed by atoms with Crippen LogP contribution in [-0.4, -0.2) is 27.7 Å². The number of amides is 2. The number of carbonyl (C=O) groups is 1. The molecule has 2 rings (SSSR count). The predicted molar refractivity (Wildman–Crippen MR) is 91.6 cm³/mol. The molecule has 1 atom stereocenters. The first kappa shape index (κ1) is 17.4. The van der Waals surface area contributed by atoms with Crippen LogP contribution in [0.25, 0.3) is 0 Å². The van der Waals surface area contributed by atoms with Crippen LogP contribution < -0.4 is 10.6 Å². The third-order valence-corrected chi connectivity index (χ3v) is 4.18. The lowest BCUT2D eigenvalue weighted by Gasteiger charge is -2.18. The first-order valence-electron chi connectivity index (χ1n) is 7.44. The average Bonchev–Trinajstić information content (AvgIpc) is 3.00. The SMILES string of the molecule is CC(C)(C)c1ncc(NC(=O)NC(CCO)c2cccs2)cn1. The number of carbonyl (C=O) groups excluding carboxylic acids is 1. The first-order valence-corrected chi connectivity index (χ1v) is 8.32. The molecule has 2 aromatic rings. The van der Waals surface area contributed by atoms with Crippen LogP contribution in [-0.2, 0) is 5.41 Å². The summed E-state index contributed by atoms with van der Waals surface area (Å²) in [5.74, 6) is 0.722. The minimum atomic E-state index is -0.344. The van der Waals surface area contributed by atoms with Gasteiger partial charge in [0.15, 0.2) is 0 Å². The van der Waals surface area contributed by atoms with Gasteiger partial charge in [0.25, 0.3) is 0 Å². The Labute approximate surface area is 140 Å². The van der Waals surface area contributed by atoms with Gasteiger partial charge in [-0.3, -0.25) is 0 Å². The largest absolute Gasteiger partial charge is 0.396 e. The van der Waals surface area contributed by atoms with Gasteiger partial charge in [-0.1, -0.05) is 26.8 Å². The first-order chi connectivity index (χ1) is 10.9. The van der Waals surface area contributed by atoms with Gasteiger partial charge in [-0.25, -0.2) is 14.8 Å². The second-order valence-electron chi connectivity index (χ2n) is 6.22. The monoisotopic (exact) mass is 334 g/mol. The molecule has 2 heterocycles. The zero-order chi connectivity index (χ0) is 16.9. The van der Waals surface area contributed by atoms with Crippen molar-refractivity contribution >= 4 is 23.1 Å². The number of hydrogen-bond donors (Lipinski definition) is 3. The Morgan fingerprint density at radius 3 is 2.57 bits per heavy atom.